The number of phosphoric ester groups is 1. The van der Waals surface area contributed by atoms with Crippen molar-refractivity contribution >= 4 is 30.8 Å². The number of unbranched alkanes of at least 4 members (excludes halogenated alkanes) is 15. The van der Waals surface area contributed by atoms with Crippen LogP contribution in [0, 0.1) is 11.3 Å². The predicted molar refractivity (Wildman–Crippen MR) is 214 cm³/mol. The second kappa shape index (κ2) is 24.3. The lowest BCUT2D eigenvalue weighted by atomic mass is 9.92. The van der Waals surface area contributed by atoms with Gasteiger partial charge in [-0.05, 0) is 30.2 Å². The lowest BCUT2D eigenvalue weighted by Crippen LogP contribution is -2.41. The molecule has 3 aromatic rings. The van der Waals surface area contributed by atoms with E-state index in [1.54, 1.807) is 12.1 Å². The van der Waals surface area contributed by atoms with Crippen molar-refractivity contribution in [3.8, 4) is 6.07 Å². The van der Waals surface area contributed by atoms with E-state index in [1.807, 2.05) is 24.3 Å². The number of hydrogen-bond acceptors (Lipinski definition) is 12. The van der Waals surface area contributed by atoms with Crippen molar-refractivity contribution in [2.24, 2.45) is 0 Å². The van der Waals surface area contributed by atoms with Crippen molar-refractivity contribution in [3.63, 3.8) is 0 Å². The molecule has 0 radical (unpaired) electrons. The minimum Gasteiger partial charge on any atom is -0.387 e. The molecule has 1 aliphatic heterocycles. The number of benzene rings is 1. The number of phosphoric acid groups is 1. The van der Waals surface area contributed by atoms with E-state index in [4.69, 9.17) is 40.6 Å². The van der Waals surface area contributed by atoms with Crippen molar-refractivity contribution < 1.29 is 42.9 Å². The molecule has 1 fully saturated rings. The minimum atomic E-state index is -4.74. The summed E-state index contributed by atoms with van der Waals surface area (Å²) in [5.74, 6) is 0.130. The van der Waals surface area contributed by atoms with Crippen LogP contribution >= 0.6 is 19.4 Å². The lowest BCUT2D eigenvalue weighted by molar-refractivity contribution is -0.0690. The van der Waals surface area contributed by atoms with Crippen LogP contribution in [0.4, 0.5) is 5.82 Å². The van der Waals surface area contributed by atoms with Crippen molar-refractivity contribution in [2.45, 2.75) is 146 Å². The summed E-state index contributed by atoms with van der Waals surface area (Å²) in [7, 11) is -4.74. The highest BCUT2D eigenvalue weighted by Crippen LogP contribution is 2.46. The monoisotopic (exact) mass is 821 g/mol. The maximum Gasteiger partial charge on any atom is 0.472 e. The lowest BCUT2D eigenvalue weighted by Gasteiger charge is -2.24. The van der Waals surface area contributed by atoms with Gasteiger partial charge in [0.2, 0.25) is 5.60 Å². The Morgan fingerprint density at radius 3 is 2.20 bits per heavy atom. The Kier molecular flexibility index (Phi) is 20.0. The molecule has 312 valence electrons. The number of nitriles is 1. The molecule has 56 heavy (non-hydrogen) atoms. The summed E-state index contributed by atoms with van der Waals surface area (Å²) in [5, 5.41) is 36.5. The average Bonchev–Trinajstić information content (AvgIpc) is 3.74. The van der Waals surface area contributed by atoms with Crippen LogP contribution in [0.2, 0.25) is 5.02 Å². The molecule has 1 unspecified atom stereocenters. The van der Waals surface area contributed by atoms with Gasteiger partial charge in [-0.15, -0.1) is 0 Å². The fourth-order valence-corrected chi connectivity index (χ4v) is 7.82. The zero-order valence-electron chi connectivity index (χ0n) is 32.7. The SMILES string of the molecule is CCCCCCCCCCCCCCCCCCOC[C@H](COP(=O)(O)OC[C@H]1O[C@@](C#N)(c2ccc3c(N)ncnn23)[C@H](O)[C@@H]1O)OCc1ccccc1Cl. The van der Waals surface area contributed by atoms with Crippen LogP contribution in [0.15, 0.2) is 42.7 Å². The first-order valence-electron chi connectivity index (χ1n) is 20.2. The molecule has 0 saturated carbocycles. The average molecular weight is 822 g/mol. The van der Waals surface area contributed by atoms with E-state index in [2.05, 4.69) is 17.0 Å². The number of nitrogens with two attached hydrogens (primary N) is 1. The molecule has 0 amide bonds. The van der Waals surface area contributed by atoms with E-state index < -0.39 is 44.4 Å². The zero-order valence-corrected chi connectivity index (χ0v) is 34.3. The number of nitrogen functional groups attached to an aromatic ring is 1. The van der Waals surface area contributed by atoms with E-state index in [1.165, 1.54) is 100 Å². The minimum absolute atomic E-state index is 0.0830. The van der Waals surface area contributed by atoms with Gasteiger partial charge in [0.25, 0.3) is 0 Å². The van der Waals surface area contributed by atoms with Gasteiger partial charge in [0.05, 0.1) is 32.1 Å². The molecule has 3 heterocycles. The molecule has 1 aliphatic rings. The number of aromatic nitrogens is 3. The summed E-state index contributed by atoms with van der Waals surface area (Å²) < 4.78 is 42.5. The van der Waals surface area contributed by atoms with Gasteiger partial charge in [0, 0.05) is 11.6 Å². The third-order valence-electron chi connectivity index (χ3n) is 10.2. The number of nitrogens with zero attached hydrogens (tertiary/aromatic N) is 4. The van der Waals surface area contributed by atoms with Crippen LogP contribution in [-0.2, 0) is 40.0 Å². The molecule has 1 aromatic carbocycles. The molecule has 2 aromatic heterocycles. The maximum absolute atomic E-state index is 13.0. The van der Waals surface area contributed by atoms with Gasteiger partial charge < -0.3 is 35.1 Å². The number of hydrogen-bond donors (Lipinski definition) is 4. The number of aliphatic hydroxyl groups is 2. The van der Waals surface area contributed by atoms with Gasteiger partial charge in [-0.2, -0.15) is 10.4 Å². The number of halogens is 1. The topological polar surface area (TPSA) is 204 Å². The third kappa shape index (κ3) is 14.0. The Hall–Kier alpha value is -2.67. The smallest absolute Gasteiger partial charge is 0.387 e. The van der Waals surface area contributed by atoms with Crippen LogP contribution in [0.1, 0.15) is 121 Å². The number of ether oxygens (including phenoxy) is 3. The Morgan fingerprint density at radius 1 is 0.946 bits per heavy atom. The van der Waals surface area contributed by atoms with E-state index in [0.29, 0.717) is 17.1 Å². The number of anilines is 1. The van der Waals surface area contributed by atoms with E-state index >= 15 is 0 Å². The molecule has 16 heteroatoms. The Morgan fingerprint density at radius 2 is 1.57 bits per heavy atom. The summed E-state index contributed by atoms with van der Waals surface area (Å²) in [6.45, 7) is 1.95. The molecule has 14 nitrogen and oxygen atoms in total. The molecule has 6 atom stereocenters. The second-order valence-electron chi connectivity index (χ2n) is 14.6. The molecule has 5 N–H and O–H groups in total. The normalized spacial score (nSPS) is 21.3. The highest BCUT2D eigenvalue weighted by atomic mass is 35.5. The van der Waals surface area contributed by atoms with Gasteiger partial charge in [-0.3, -0.25) is 9.05 Å². The Balaban J connectivity index is 1.17. The summed E-state index contributed by atoms with van der Waals surface area (Å²) >= 11 is 6.31. The van der Waals surface area contributed by atoms with Crippen LogP contribution in [0.25, 0.3) is 5.52 Å². The molecule has 0 aliphatic carbocycles. The summed E-state index contributed by atoms with van der Waals surface area (Å²) in [6, 6.07) is 12.1. The van der Waals surface area contributed by atoms with Crippen molar-refractivity contribution in [3.05, 3.63) is 59.0 Å². The predicted octanol–water partition coefficient (Wildman–Crippen LogP) is 7.80. The first-order chi connectivity index (χ1) is 27.1. The van der Waals surface area contributed by atoms with Crippen molar-refractivity contribution in [1.82, 2.24) is 14.6 Å². The van der Waals surface area contributed by atoms with Crippen molar-refractivity contribution in [2.75, 3.05) is 32.2 Å². The Labute approximate surface area is 336 Å². The van der Waals surface area contributed by atoms with Gasteiger partial charge >= 0.3 is 7.82 Å². The van der Waals surface area contributed by atoms with Crippen LogP contribution in [0.3, 0.4) is 0 Å². The van der Waals surface area contributed by atoms with Crippen molar-refractivity contribution in [1.29, 1.82) is 5.26 Å². The van der Waals surface area contributed by atoms with Gasteiger partial charge in [0.15, 0.2) is 5.82 Å². The Bertz CT molecular complexity index is 1680. The maximum atomic E-state index is 13.0. The molecular weight excluding hydrogens is 761 g/mol. The van der Waals surface area contributed by atoms with E-state index in [0.717, 1.165) is 24.8 Å². The highest BCUT2D eigenvalue weighted by Gasteiger charge is 2.58. The van der Waals surface area contributed by atoms with E-state index in [9.17, 15) is 24.9 Å². The molecule has 1 saturated heterocycles. The molecular formula is C40H61ClN5O9P. The molecule has 0 spiro atoms. The highest BCUT2D eigenvalue weighted by molar-refractivity contribution is 7.47. The van der Waals surface area contributed by atoms with Crippen LogP contribution < -0.4 is 5.73 Å². The second-order valence-corrected chi connectivity index (χ2v) is 16.4. The van der Waals surface area contributed by atoms with Crippen LogP contribution in [-0.4, -0.2) is 80.5 Å². The summed E-state index contributed by atoms with van der Waals surface area (Å²) in [4.78, 5) is 14.5. The van der Waals surface area contributed by atoms with Crippen LogP contribution in [0.5, 0.6) is 0 Å². The summed E-state index contributed by atoms with van der Waals surface area (Å²) in [6.07, 6.45) is 16.1. The van der Waals surface area contributed by atoms with Gasteiger partial charge in [-0.25, -0.2) is 14.1 Å². The number of aliphatic hydroxyl groups excluding tert-OH is 2. The fourth-order valence-electron chi connectivity index (χ4n) is 6.87. The molecule has 4 rings (SSSR count). The fraction of sp³-hybridized carbons (Fsp3) is 0.675. The molecule has 0 bridgehead atoms. The quantitative estimate of drug-likeness (QED) is 0.0390. The van der Waals surface area contributed by atoms with E-state index in [-0.39, 0.29) is 31.3 Å². The summed E-state index contributed by atoms with van der Waals surface area (Å²) in [5.41, 5.74) is 4.99. The number of rotatable bonds is 29. The number of fused-ring (bicyclic) bond motifs is 1. The standard InChI is InChI=1S/C40H61ClN5O9P/c1-2-3-4-5-6-7-8-9-10-11-12-13-14-15-16-19-24-51-26-32(52-25-31-20-17-18-21-33(31)41)27-53-56(49,50)54-28-35-37(47)38(48)40(29-42,55-35)36-23-22-34-39(43)44-30-45-46(34)36/h17-18,20-23,30,32,35,37-38,47-48H,2-16,19,24-28H2,1H3,(H,49,50)(H2,43,44,45)/t32-,35-,37-,38-,40+/m1/s1. The first kappa shape index (κ1) is 46.0. The van der Waals surface area contributed by atoms with Gasteiger partial charge in [-0.1, -0.05) is 133 Å². The zero-order chi connectivity index (χ0) is 40.2. The first-order valence-corrected chi connectivity index (χ1v) is 22.1. The largest absolute Gasteiger partial charge is 0.472 e. The third-order valence-corrected chi connectivity index (χ3v) is 11.5. The van der Waals surface area contributed by atoms with Gasteiger partial charge in [0.1, 0.15) is 42.3 Å².